The number of aryl methyl sites for hydroxylation is 2. The van der Waals surface area contributed by atoms with Crippen molar-refractivity contribution in [1.82, 2.24) is 9.78 Å². The van der Waals surface area contributed by atoms with Gasteiger partial charge in [0.2, 0.25) is 0 Å². The third-order valence-corrected chi connectivity index (χ3v) is 5.45. The summed E-state index contributed by atoms with van der Waals surface area (Å²) in [7, 11) is 0. The smallest absolute Gasteiger partial charge is 0.259 e. The molecule has 166 valence electrons. The van der Waals surface area contributed by atoms with Crippen molar-refractivity contribution in [2.24, 2.45) is 5.73 Å². The van der Waals surface area contributed by atoms with Crippen LogP contribution in [0.2, 0.25) is 0 Å². The molecule has 7 heteroatoms. The molecule has 0 saturated carbocycles. The van der Waals surface area contributed by atoms with E-state index in [1.807, 2.05) is 55.5 Å². The molecule has 1 aromatic heterocycles. The maximum absolute atomic E-state index is 13.8. The van der Waals surface area contributed by atoms with Gasteiger partial charge in [0.25, 0.3) is 11.8 Å². The van der Waals surface area contributed by atoms with Gasteiger partial charge in [0.1, 0.15) is 11.5 Å². The van der Waals surface area contributed by atoms with Crippen LogP contribution in [-0.4, -0.2) is 21.6 Å². The number of hydrogen-bond donors (Lipinski definition) is 2. The average Bonchev–Trinajstić information content (AvgIpc) is 3.26. The highest BCUT2D eigenvalue weighted by Gasteiger charge is 2.20. The average molecular weight is 442 g/mol. The number of nitrogens with two attached hydrogens (primary N) is 1. The highest BCUT2D eigenvalue weighted by molar-refractivity contribution is 6.08. The van der Waals surface area contributed by atoms with Crippen LogP contribution in [0.25, 0.3) is 16.9 Å². The third-order valence-electron chi connectivity index (χ3n) is 5.45. The van der Waals surface area contributed by atoms with Crippen molar-refractivity contribution in [3.63, 3.8) is 0 Å². The van der Waals surface area contributed by atoms with E-state index >= 15 is 0 Å². The Balaban J connectivity index is 1.77. The molecular formula is C26H23FN4O2. The fourth-order valence-corrected chi connectivity index (χ4v) is 3.59. The van der Waals surface area contributed by atoms with Gasteiger partial charge in [-0.1, -0.05) is 49.4 Å². The Morgan fingerprint density at radius 2 is 1.76 bits per heavy atom. The number of nitrogens with one attached hydrogen (secondary N) is 1. The Morgan fingerprint density at radius 1 is 1.03 bits per heavy atom. The van der Waals surface area contributed by atoms with Gasteiger partial charge in [0.15, 0.2) is 0 Å². The molecule has 0 radical (unpaired) electrons. The Bertz CT molecular complexity index is 1340. The lowest BCUT2D eigenvalue weighted by molar-refractivity contribution is 0.0992. The lowest BCUT2D eigenvalue weighted by atomic mass is 10.0. The molecule has 6 nitrogen and oxygen atoms in total. The standard InChI is InChI=1S/C26H23FN4O2/c1-3-17-8-10-18(11-9-17)24-21(15-31(30-24)23-7-5-4-6-16(23)2)26(33)29-19-12-13-22(27)20(14-19)25(28)32/h4-15H,3H2,1-2H3,(H2,28,32)(H,29,33). The Hall–Kier alpha value is -4.26. The minimum absolute atomic E-state index is 0.256. The molecule has 0 unspecified atom stereocenters. The molecular weight excluding hydrogens is 419 g/mol. The first-order chi connectivity index (χ1) is 15.9. The second-order valence-corrected chi connectivity index (χ2v) is 7.69. The zero-order valence-corrected chi connectivity index (χ0v) is 18.3. The quantitative estimate of drug-likeness (QED) is 0.445. The summed E-state index contributed by atoms with van der Waals surface area (Å²) >= 11 is 0. The van der Waals surface area contributed by atoms with E-state index in [1.54, 1.807) is 10.9 Å². The van der Waals surface area contributed by atoms with E-state index in [2.05, 4.69) is 12.2 Å². The highest BCUT2D eigenvalue weighted by atomic mass is 19.1. The predicted octanol–water partition coefficient (Wildman–Crippen LogP) is 4.90. The number of carbonyl (C=O) groups excluding carboxylic acids is 2. The molecule has 0 atom stereocenters. The van der Waals surface area contributed by atoms with Crippen LogP contribution in [-0.2, 0) is 6.42 Å². The van der Waals surface area contributed by atoms with E-state index in [1.165, 1.54) is 17.7 Å². The molecule has 3 N–H and O–H groups in total. The van der Waals surface area contributed by atoms with Crippen LogP contribution >= 0.6 is 0 Å². The fraction of sp³-hybridized carbons (Fsp3) is 0.115. The van der Waals surface area contributed by atoms with Crippen LogP contribution in [0, 0.1) is 12.7 Å². The van der Waals surface area contributed by atoms with Crippen LogP contribution in [0.15, 0.2) is 72.9 Å². The maximum Gasteiger partial charge on any atom is 0.259 e. The summed E-state index contributed by atoms with van der Waals surface area (Å²) in [6, 6.07) is 19.3. The number of para-hydroxylation sites is 1. The second-order valence-electron chi connectivity index (χ2n) is 7.69. The summed E-state index contributed by atoms with van der Waals surface area (Å²) in [5.41, 5.74) is 9.86. The van der Waals surface area contributed by atoms with Gasteiger partial charge in [-0.3, -0.25) is 9.59 Å². The molecule has 0 bridgehead atoms. The number of benzene rings is 3. The number of nitrogens with zero attached hydrogens (tertiary/aromatic N) is 2. The summed E-state index contributed by atoms with van der Waals surface area (Å²) in [6.07, 6.45) is 2.57. The molecule has 0 aliphatic heterocycles. The van der Waals surface area contributed by atoms with Crippen molar-refractivity contribution in [3.05, 3.63) is 101 Å². The summed E-state index contributed by atoms with van der Waals surface area (Å²) in [5.74, 6) is -2.09. The molecule has 0 spiro atoms. The summed E-state index contributed by atoms with van der Waals surface area (Å²) in [5, 5.41) is 7.44. The van der Waals surface area contributed by atoms with Gasteiger partial charge in [0.05, 0.1) is 16.8 Å². The van der Waals surface area contributed by atoms with E-state index in [0.29, 0.717) is 11.3 Å². The number of rotatable bonds is 6. The number of primary amides is 1. The summed E-state index contributed by atoms with van der Waals surface area (Å²) in [4.78, 5) is 24.7. The topological polar surface area (TPSA) is 90.0 Å². The van der Waals surface area contributed by atoms with E-state index in [0.717, 1.165) is 29.3 Å². The molecule has 1 heterocycles. The van der Waals surface area contributed by atoms with Crippen LogP contribution in [0.3, 0.4) is 0 Å². The number of carbonyl (C=O) groups is 2. The minimum Gasteiger partial charge on any atom is -0.366 e. The maximum atomic E-state index is 13.8. The van der Waals surface area contributed by atoms with E-state index in [4.69, 9.17) is 10.8 Å². The number of halogens is 1. The lowest BCUT2D eigenvalue weighted by Gasteiger charge is -2.07. The van der Waals surface area contributed by atoms with Gasteiger partial charge in [0, 0.05) is 17.4 Å². The predicted molar refractivity (Wildman–Crippen MR) is 126 cm³/mol. The number of aromatic nitrogens is 2. The second kappa shape index (κ2) is 9.08. The minimum atomic E-state index is -0.910. The van der Waals surface area contributed by atoms with Crippen molar-refractivity contribution in [3.8, 4) is 16.9 Å². The van der Waals surface area contributed by atoms with Crippen molar-refractivity contribution in [2.75, 3.05) is 5.32 Å². The van der Waals surface area contributed by atoms with Crippen LogP contribution in [0.4, 0.5) is 10.1 Å². The van der Waals surface area contributed by atoms with Gasteiger partial charge < -0.3 is 11.1 Å². The van der Waals surface area contributed by atoms with Crippen LogP contribution in [0.1, 0.15) is 38.8 Å². The molecule has 0 aliphatic carbocycles. The molecule has 0 saturated heterocycles. The van der Waals surface area contributed by atoms with Gasteiger partial charge in [-0.2, -0.15) is 5.10 Å². The Morgan fingerprint density at radius 3 is 2.42 bits per heavy atom. The van der Waals surface area contributed by atoms with Crippen LogP contribution in [0.5, 0.6) is 0 Å². The SMILES string of the molecule is CCc1ccc(-c2nn(-c3ccccc3C)cc2C(=O)Nc2ccc(F)c(C(N)=O)c2)cc1. The van der Waals surface area contributed by atoms with E-state index < -0.39 is 17.6 Å². The first-order valence-electron chi connectivity index (χ1n) is 10.5. The third kappa shape index (κ3) is 4.52. The first kappa shape index (κ1) is 22.0. The largest absolute Gasteiger partial charge is 0.366 e. The molecule has 4 aromatic rings. The lowest BCUT2D eigenvalue weighted by Crippen LogP contribution is -2.16. The van der Waals surface area contributed by atoms with Crippen molar-refractivity contribution in [1.29, 1.82) is 0 Å². The van der Waals surface area contributed by atoms with Crippen molar-refractivity contribution in [2.45, 2.75) is 20.3 Å². The van der Waals surface area contributed by atoms with Crippen LogP contribution < -0.4 is 11.1 Å². The molecule has 33 heavy (non-hydrogen) atoms. The molecule has 0 aliphatic rings. The first-order valence-corrected chi connectivity index (χ1v) is 10.5. The number of hydrogen-bond acceptors (Lipinski definition) is 3. The van der Waals surface area contributed by atoms with Gasteiger partial charge in [-0.05, 0) is 48.7 Å². The number of anilines is 1. The normalized spacial score (nSPS) is 10.8. The molecule has 4 rings (SSSR count). The molecule has 3 aromatic carbocycles. The fourth-order valence-electron chi connectivity index (χ4n) is 3.59. The van der Waals surface area contributed by atoms with Crippen molar-refractivity contribution >= 4 is 17.5 Å². The number of amides is 2. The van der Waals surface area contributed by atoms with Gasteiger partial charge >= 0.3 is 0 Å². The molecule has 2 amide bonds. The molecule has 0 fully saturated rings. The highest BCUT2D eigenvalue weighted by Crippen LogP contribution is 2.26. The van der Waals surface area contributed by atoms with Gasteiger partial charge in [-0.25, -0.2) is 9.07 Å². The monoisotopic (exact) mass is 442 g/mol. The zero-order valence-electron chi connectivity index (χ0n) is 18.3. The Labute approximate surface area is 190 Å². The summed E-state index contributed by atoms with van der Waals surface area (Å²) in [6.45, 7) is 4.04. The van der Waals surface area contributed by atoms with Gasteiger partial charge in [-0.15, -0.1) is 0 Å². The van der Waals surface area contributed by atoms with E-state index in [9.17, 15) is 14.0 Å². The Kier molecular flexibility index (Phi) is 6.04. The zero-order chi connectivity index (χ0) is 23.5. The van der Waals surface area contributed by atoms with E-state index in [-0.39, 0.29) is 11.3 Å². The summed E-state index contributed by atoms with van der Waals surface area (Å²) < 4.78 is 15.5. The van der Waals surface area contributed by atoms with Crippen molar-refractivity contribution < 1.29 is 14.0 Å².